The van der Waals surface area contributed by atoms with Crippen molar-refractivity contribution in [3.05, 3.63) is 120 Å². The zero-order chi connectivity index (χ0) is 43.9. The SMILES string of the molecule is CC(CNc1ccccc1N(C)CC=Cc1ccc(N2CCC3(CC3)C2)cc1)NCCSSCCNC(O)Cn1c(C=Cc2ccc(N3CCC4(CC4)C3)cc2)[n+](C)c2ccccc21. The number of aliphatic hydroxyl groups excluding tert-OH is 1. The van der Waals surface area contributed by atoms with Crippen LogP contribution >= 0.6 is 21.6 Å². The van der Waals surface area contributed by atoms with Crippen molar-refractivity contribution in [1.82, 2.24) is 15.2 Å². The maximum Gasteiger partial charge on any atom is 0.282 e. The lowest BCUT2D eigenvalue weighted by Gasteiger charge is -2.23. The first-order valence-electron chi connectivity index (χ1n) is 23.7. The van der Waals surface area contributed by atoms with E-state index in [9.17, 15) is 5.11 Å². The van der Waals surface area contributed by atoms with Crippen molar-refractivity contribution in [1.29, 1.82) is 0 Å². The Balaban J connectivity index is 0.661. The summed E-state index contributed by atoms with van der Waals surface area (Å²) in [5.74, 6) is 3.00. The molecule has 64 heavy (non-hydrogen) atoms. The third kappa shape index (κ3) is 11.2. The Morgan fingerprint density at radius 2 is 1.33 bits per heavy atom. The predicted octanol–water partition coefficient (Wildman–Crippen LogP) is 9.15. The monoisotopic (exact) mass is 898 g/mol. The maximum absolute atomic E-state index is 11.2. The molecule has 9 rings (SSSR count). The lowest BCUT2D eigenvalue weighted by atomic mass is 10.1. The normalized spacial score (nSPS) is 18.3. The average Bonchev–Trinajstić information content (AvgIpc) is 4.13. The van der Waals surface area contributed by atoms with Crippen LogP contribution in [-0.2, 0) is 13.6 Å². The van der Waals surface area contributed by atoms with E-state index >= 15 is 0 Å². The van der Waals surface area contributed by atoms with Gasteiger partial charge in [-0.05, 0) is 122 Å². The summed E-state index contributed by atoms with van der Waals surface area (Å²) < 4.78 is 4.45. The van der Waals surface area contributed by atoms with Gasteiger partial charge in [0.25, 0.3) is 5.82 Å². The molecule has 4 aliphatic rings. The largest absolute Gasteiger partial charge is 0.382 e. The van der Waals surface area contributed by atoms with Gasteiger partial charge >= 0.3 is 0 Å². The van der Waals surface area contributed by atoms with E-state index in [-0.39, 0.29) is 0 Å². The molecule has 338 valence electrons. The number of hydrogen-bond acceptors (Lipinski definition) is 9. The molecule has 5 aromatic rings. The Bertz CT molecular complexity index is 2370. The molecule has 4 aromatic carbocycles. The first kappa shape index (κ1) is 44.8. The maximum atomic E-state index is 11.2. The average molecular weight is 898 g/mol. The molecule has 1 aromatic heterocycles. The highest BCUT2D eigenvalue weighted by Crippen LogP contribution is 2.54. The number of fused-ring (bicyclic) bond motifs is 1. The Hall–Kier alpha value is -4.39. The van der Waals surface area contributed by atoms with Crippen molar-refractivity contribution in [3.63, 3.8) is 0 Å². The molecule has 11 heteroatoms. The van der Waals surface area contributed by atoms with E-state index in [2.05, 4.69) is 182 Å². The molecule has 3 heterocycles. The van der Waals surface area contributed by atoms with Crippen molar-refractivity contribution in [3.8, 4) is 0 Å². The molecule has 0 radical (unpaired) electrons. The number of aliphatic hydroxyl groups is 1. The summed E-state index contributed by atoms with van der Waals surface area (Å²) in [4.78, 5) is 7.43. The Kier molecular flexibility index (Phi) is 14.3. The highest BCUT2D eigenvalue weighted by molar-refractivity contribution is 8.76. The summed E-state index contributed by atoms with van der Waals surface area (Å²) in [6.07, 6.45) is 16.6. The molecule has 2 saturated heterocycles. The first-order valence-corrected chi connectivity index (χ1v) is 26.2. The fourth-order valence-corrected chi connectivity index (χ4v) is 11.6. The summed E-state index contributed by atoms with van der Waals surface area (Å²) in [7, 11) is 8.02. The van der Waals surface area contributed by atoms with Crippen LogP contribution in [0.5, 0.6) is 0 Å². The van der Waals surface area contributed by atoms with Gasteiger partial charge < -0.3 is 30.4 Å². The molecule has 4 N–H and O–H groups in total. The fraction of sp³-hybridized carbons (Fsp3) is 0.453. The van der Waals surface area contributed by atoms with Crippen LogP contribution in [0.15, 0.2) is 103 Å². The number of benzene rings is 4. The zero-order valence-electron chi connectivity index (χ0n) is 38.2. The smallest absolute Gasteiger partial charge is 0.282 e. The molecule has 0 bridgehead atoms. The van der Waals surface area contributed by atoms with Crippen LogP contribution in [0.2, 0.25) is 0 Å². The minimum absolute atomic E-state index is 0.334. The molecule has 2 unspecified atom stereocenters. The van der Waals surface area contributed by atoms with E-state index in [1.165, 1.54) is 92.9 Å². The number of hydrogen-bond donors (Lipinski definition) is 4. The van der Waals surface area contributed by atoms with Crippen LogP contribution in [0.1, 0.15) is 62.4 Å². The van der Waals surface area contributed by atoms with Gasteiger partial charge in [-0.1, -0.05) is 82.3 Å². The van der Waals surface area contributed by atoms with Crippen molar-refractivity contribution >= 4 is 73.6 Å². The van der Waals surface area contributed by atoms with Gasteiger partial charge in [0, 0.05) is 94.4 Å². The van der Waals surface area contributed by atoms with Crippen LogP contribution in [0, 0.1) is 10.8 Å². The molecule has 2 atom stereocenters. The number of nitrogens with one attached hydrogen (secondary N) is 3. The summed E-state index contributed by atoms with van der Waals surface area (Å²) in [6.45, 7) is 10.9. The highest BCUT2D eigenvalue weighted by Gasteiger charge is 2.48. The fourth-order valence-electron chi connectivity index (χ4n) is 9.75. The van der Waals surface area contributed by atoms with E-state index in [0.29, 0.717) is 23.4 Å². The molecular weight excluding hydrogens is 829 g/mol. The van der Waals surface area contributed by atoms with Gasteiger partial charge in [-0.15, -0.1) is 0 Å². The number of aromatic nitrogens is 2. The van der Waals surface area contributed by atoms with Crippen molar-refractivity contribution < 1.29 is 9.67 Å². The third-order valence-electron chi connectivity index (χ3n) is 14.2. The summed E-state index contributed by atoms with van der Waals surface area (Å²) >= 11 is 0. The van der Waals surface area contributed by atoms with Gasteiger partial charge in [-0.3, -0.25) is 5.32 Å². The summed E-state index contributed by atoms with van der Waals surface area (Å²) in [5.41, 5.74) is 11.0. The summed E-state index contributed by atoms with van der Waals surface area (Å²) in [5, 5.41) is 21.9. The van der Waals surface area contributed by atoms with Gasteiger partial charge in [-0.2, -0.15) is 0 Å². The number of likely N-dealkylation sites (N-methyl/N-ethyl adjacent to an activating group) is 1. The van der Waals surface area contributed by atoms with E-state index in [1.54, 1.807) is 0 Å². The topological polar surface area (TPSA) is 74.8 Å². The molecule has 4 fully saturated rings. The Morgan fingerprint density at radius 3 is 1.97 bits per heavy atom. The minimum Gasteiger partial charge on any atom is -0.382 e. The van der Waals surface area contributed by atoms with Crippen LogP contribution in [-0.4, -0.2) is 92.9 Å². The number of rotatable bonds is 22. The van der Waals surface area contributed by atoms with Crippen LogP contribution in [0.3, 0.4) is 0 Å². The summed E-state index contributed by atoms with van der Waals surface area (Å²) in [6, 6.07) is 35.5. The highest BCUT2D eigenvalue weighted by atomic mass is 33.1. The Labute approximate surface area is 389 Å². The van der Waals surface area contributed by atoms with Crippen LogP contribution in [0.4, 0.5) is 22.7 Å². The second-order valence-electron chi connectivity index (χ2n) is 19.0. The van der Waals surface area contributed by atoms with Crippen molar-refractivity contribution in [2.45, 2.75) is 64.3 Å². The quantitative estimate of drug-likeness (QED) is 0.0236. The van der Waals surface area contributed by atoms with E-state index in [1.807, 2.05) is 21.6 Å². The first-order chi connectivity index (χ1) is 31.3. The van der Waals surface area contributed by atoms with Gasteiger partial charge in [0.15, 0.2) is 11.0 Å². The number of anilines is 4. The lowest BCUT2D eigenvalue weighted by molar-refractivity contribution is -0.647. The molecule has 0 amide bonds. The standard InChI is InChI=1S/C53H69N8OS2/c1-41(37-56-46-10-4-5-11-47(46)57(2)32-8-9-42-14-19-44(20-15-42)59-33-28-52(39-59)24-25-52)54-30-35-63-64-36-31-55-50(62)38-61-49-13-7-6-12-48(49)58(3)51(61)23-18-43-16-21-45(22-17-43)60-34-29-53(40-60)26-27-53/h4-23,41,50,54-56,62H,24-40H2,1-3H3/q+1. The van der Waals surface area contributed by atoms with Crippen LogP contribution in [0.25, 0.3) is 29.3 Å². The molecule has 2 aliphatic heterocycles. The van der Waals surface area contributed by atoms with Gasteiger partial charge in [0.05, 0.1) is 18.4 Å². The van der Waals surface area contributed by atoms with Crippen LogP contribution < -0.4 is 35.2 Å². The van der Waals surface area contributed by atoms with E-state index in [0.717, 1.165) is 60.2 Å². The minimum atomic E-state index is -0.656. The number of aryl methyl sites for hydroxylation is 1. The van der Waals surface area contributed by atoms with Gasteiger partial charge in [0.1, 0.15) is 12.8 Å². The molecule has 9 nitrogen and oxygen atoms in total. The predicted molar refractivity (Wildman–Crippen MR) is 276 cm³/mol. The second-order valence-corrected chi connectivity index (χ2v) is 21.7. The van der Waals surface area contributed by atoms with E-state index in [4.69, 9.17) is 0 Å². The number of imidazole rings is 1. The molecule has 2 aliphatic carbocycles. The molecular formula is C53H69N8OS2+. The zero-order valence-corrected chi connectivity index (χ0v) is 39.9. The molecule has 2 spiro atoms. The Morgan fingerprint density at radius 1 is 0.734 bits per heavy atom. The molecule has 2 saturated carbocycles. The van der Waals surface area contributed by atoms with Crippen molar-refractivity contribution in [2.75, 3.05) is 90.9 Å². The van der Waals surface area contributed by atoms with Gasteiger partial charge in [-0.25, -0.2) is 9.13 Å². The van der Waals surface area contributed by atoms with E-state index < -0.39 is 6.23 Å². The van der Waals surface area contributed by atoms with Crippen molar-refractivity contribution in [2.24, 2.45) is 17.9 Å². The number of nitrogens with zero attached hydrogens (tertiary/aromatic N) is 5. The van der Waals surface area contributed by atoms with Gasteiger partial charge in [0.2, 0.25) is 0 Å². The number of para-hydroxylation sites is 4. The second kappa shape index (κ2) is 20.4. The lowest BCUT2D eigenvalue weighted by Crippen LogP contribution is -2.36. The third-order valence-corrected chi connectivity index (χ3v) is 16.6.